The van der Waals surface area contributed by atoms with Gasteiger partial charge in [0.05, 0.1) is 4.79 Å². The summed E-state index contributed by atoms with van der Waals surface area (Å²) in [4.78, 5) is 11.7. The predicted molar refractivity (Wildman–Crippen MR) is 102 cm³/mol. The fourth-order valence-electron chi connectivity index (χ4n) is 2.46. The molecule has 0 aliphatic rings. The van der Waals surface area contributed by atoms with E-state index in [-0.39, 0.29) is 0 Å². The first-order valence-corrected chi connectivity index (χ1v) is 8.50. The van der Waals surface area contributed by atoms with Gasteiger partial charge < -0.3 is 4.74 Å². The van der Waals surface area contributed by atoms with E-state index in [9.17, 15) is 4.79 Å². The Hall–Kier alpha value is -2.72. The van der Waals surface area contributed by atoms with Crippen molar-refractivity contribution in [3.63, 3.8) is 0 Å². The Morgan fingerprint density at radius 1 is 0.920 bits per heavy atom. The first-order valence-electron chi connectivity index (χ1n) is 7.71. The molecule has 25 heavy (non-hydrogen) atoms. The van der Waals surface area contributed by atoms with Crippen LogP contribution in [-0.2, 0) is 11.0 Å². The van der Waals surface area contributed by atoms with Crippen molar-refractivity contribution in [3.8, 4) is 16.9 Å². The lowest BCUT2D eigenvalue weighted by Crippen LogP contribution is -2.03. The molecule has 0 saturated carbocycles. The molecule has 124 valence electrons. The molecule has 0 spiro atoms. The average molecular weight is 396 g/mol. The van der Waals surface area contributed by atoms with Gasteiger partial charge in [-0.05, 0) is 45.3 Å². The number of carbonyl (C=O) groups excluding carboxylic acids is 2. The maximum atomic E-state index is 11.7. The first-order chi connectivity index (χ1) is 12.2. The van der Waals surface area contributed by atoms with Crippen LogP contribution in [0.5, 0.6) is 5.75 Å². The Morgan fingerprint density at radius 2 is 1.60 bits per heavy atom. The van der Waals surface area contributed by atoms with E-state index in [1.807, 2.05) is 48.5 Å². The Morgan fingerprint density at radius 3 is 2.28 bits per heavy atom. The summed E-state index contributed by atoms with van der Waals surface area (Å²) in [7, 11) is 0. The molecule has 0 amide bonds. The van der Waals surface area contributed by atoms with Gasteiger partial charge in [0.2, 0.25) is 0 Å². The number of benzene rings is 3. The zero-order valence-electron chi connectivity index (χ0n) is 13.4. The zero-order chi connectivity index (χ0) is 17.6. The van der Waals surface area contributed by atoms with Crippen molar-refractivity contribution in [2.45, 2.75) is 6.61 Å². The molecule has 4 heteroatoms. The van der Waals surface area contributed by atoms with E-state index >= 15 is 0 Å². The van der Waals surface area contributed by atoms with E-state index in [1.165, 1.54) is 0 Å². The molecule has 0 N–H and O–H groups in total. The molecular formula is C21H16BrO3+. The summed E-state index contributed by atoms with van der Waals surface area (Å²) in [6, 6.07) is 23.4. The maximum Gasteiger partial charge on any atom is 0.613 e. The van der Waals surface area contributed by atoms with E-state index in [2.05, 4.69) is 39.3 Å². The average Bonchev–Trinajstić information content (AvgIpc) is 2.68. The molecule has 0 aromatic heterocycles. The Bertz CT molecular complexity index is 887. The van der Waals surface area contributed by atoms with Crippen LogP contribution in [0.4, 0.5) is 0 Å². The van der Waals surface area contributed by atoms with Crippen molar-refractivity contribution in [2.24, 2.45) is 0 Å². The second-order valence-electron chi connectivity index (χ2n) is 5.39. The summed E-state index contributed by atoms with van der Waals surface area (Å²) >= 11 is 3.43. The minimum absolute atomic E-state index is 0.337. The van der Waals surface area contributed by atoms with Crippen LogP contribution in [0, 0.1) is 0 Å². The molecule has 0 heterocycles. The molecular weight excluding hydrogens is 380 g/mol. The van der Waals surface area contributed by atoms with Gasteiger partial charge in [-0.1, -0.05) is 54.6 Å². The highest BCUT2D eigenvalue weighted by Crippen LogP contribution is 2.25. The van der Waals surface area contributed by atoms with Crippen molar-refractivity contribution in [1.82, 2.24) is 0 Å². The van der Waals surface area contributed by atoms with Crippen LogP contribution in [0.15, 0.2) is 77.3 Å². The van der Waals surface area contributed by atoms with Crippen molar-refractivity contribution >= 4 is 28.7 Å². The molecule has 3 aromatic carbocycles. The van der Waals surface area contributed by atoms with Crippen LogP contribution < -0.4 is 4.74 Å². The summed E-state index contributed by atoms with van der Waals surface area (Å²) < 4.78 is 11.0. The van der Waals surface area contributed by atoms with Crippen LogP contribution in [0.1, 0.15) is 15.9 Å². The van der Waals surface area contributed by atoms with Gasteiger partial charge in [-0.3, -0.25) is 4.42 Å². The molecule has 3 rings (SSSR count). The second-order valence-corrected chi connectivity index (χ2v) is 6.18. The fourth-order valence-corrected chi connectivity index (χ4v) is 3.00. The Balaban J connectivity index is 1.72. The van der Waals surface area contributed by atoms with Crippen molar-refractivity contribution < 1.29 is 14.0 Å². The van der Waals surface area contributed by atoms with Crippen LogP contribution in [0.25, 0.3) is 11.1 Å². The van der Waals surface area contributed by atoms with Crippen molar-refractivity contribution in [3.05, 3.63) is 88.4 Å². The maximum absolute atomic E-state index is 11.7. The van der Waals surface area contributed by atoms with Crippen molar-refractivity contribution in [1.29, 1.82) is 0 Å². The van der Waals surface area contributed by atoms with E-state index in [4.69, 9.17) is 4.74 Å². The summed E-state index contributed by atoms with van der Waals surface area (Å²) in [5, 5.41) is 0. The van der Waals surface area contributed by atoms with Crippen LogP contribution in [0.2, 0.25) is 0 Å². The Kier molecular flexibility index (Phi) is 5.41. The summed E-state index contributed by atoms with van der Waals surface area (Å²) in [5.41, 5.74) is 3.58. The second kappa shape index (κ2) is 7.90. The van der Waals surface area contributed by atoms with Crippen LogP contribution in [-0.4, -0.2) is 12.8 Å². The first kappa shape index (κ1) is 17.1. The lowest BCUT2D eigenvalue weighted by atomic mass is 10.1. The van der Waals surface area contributed by atoms with Crippen LogP contribution >= 0.6 is 15.9 Å². The topological polar surface area (TPSA) is 37.6 Å². The SMILES string of the molecule is C=[O+]C(=O)c1cccc(COc2ccc(-c3ccccc3)cc2)c1Br. The smallest absolute Gasteiger partial charge is 0.489 e. The molecule has 0 unspecified atom stereocenters. The molecule has 3 nitrogen and oxygen atoms in total. The third-order valence-corrected chi connectivity index (χ3v) is 4.72. The number of hydrogen-bond acceptors (Lipinski definition) is 2. The number of ether oxygens (including phenoxy) is 1. The van der Waals surface area contributed by atoms with Gasteiger partial charge in [0.15, 0.2) is 6.79 Å². The highest BCUT2D eigenvalue weighted by molar-refractivity contribution is 9.10. The third kappa shape index (κ3) is 4.03. The molecule has 0 aliphatic carbocycles. The van der Waals surface area contributed by atoms with Gasteiger partial charge in [0.25, 0.3) is 0 Å². The van der Waals surface area contributed by atoms with E-state index < -0.39 is 5.97 Å². The fraction of sp³-hybridized carbons (Fsp3) is 0.0476. The summed E-state index contributed by atoms with van der Waals surface area (Å²) in [6.45, 7) is 3.49. The van der Waals surface area contributed by atoms with Gasteiger partial charge in [0, 0.05) is 10.0 Å². The molecule has 0 aliphatic heterocycles. The molecule has 0 bridgehead atoms. The molecule has 0 fully saturated rings. The lowest BCUT2D eigenvalue weighted by molar-refractivity contribution is -0.334. The van der Waals surface area contributed by atoms with E-state index in [0.717, 1.165) is 22.4 Å². The largest absolute Gasteiger partial charge is 0.613 e. The molecule has 3 aromatic rings. The van der Waals surface area contributed by atoms with E-state index in [1.54, 1.807) is 12.1 Å². The number of hydrogen-bond donors (Lipinski definition) is 0. The Labute approximate surface area is 154 Å². The van der Waals surface area contributed by atoms with Gasteiger partial charge in [-0.2, -0.15) is 0 Å². The number of rotatable bonds is 5. The molecule has 0 atom stereocenters. The van der Waals surface area contributed by atoms with E-state index in [0.29, 0.717) is 16.6 Å². The monoisotopic (exact) mass is 395 g/mol. The van der Waals surface area contributed by atoms with Gasteiger partial charge in [-0.25, -0.2) is 0 Å². The van der Waals surface area contributed by atoms with Gasteiger partial charge in [-0.15, -0.1) is 0 Å². The zero-order valence-corrected chi connectivity index (χ0v) is 15.0. The van der Waals surface area contributed by atoms with Crippen LogP contribution in [0.3, 0.4) is 0 Å². The standard InChI is InChI=1S/C21H16BrO3/c1-24-21(23)19-9-5-8-17(20(19)22)14-25-18-12-10-16(11-13-18)15-6-3-2-4-7-15/h2-13H,1,14H2/q+1. The van der Waals surface area contributed by atoms with Gasteiger partial charge >= 0.3 is 5.97 Å². The molecule has 0 saturated heterocycles. The number of carbonyl (C=O) groups is 1. The lowest BCUT2D eigenvalue weighted by Gasteiger charge is -2.09. The minimum Gasteiger partial charge on any atom is -0.489 e. The van der Waals surface area contributed by atoms with Gasteiger partial charge in [0.1, 0.15) is 17.9 Å². The minimum atomic E-state index is -0.485. The molecule has 0 radical (unpaired) electrons. The third-order valence-electron chi connectivity index (χ3n) is 3.79. The normalized spacial score (nSPS) is 10.3. The quantitative estimate of drug-likeness (QED) is 0.556. The summed E-state index contributed by atoms with van der Waals surface area (Å²) in [6.07, 6.45) is 0. The number of halogens is 1. The highest BCUT2D eigenvalue weighted by Gasteiger charge is 2.21. The highest BCUT2D eigenvalue weighted by atomic mass is 79.9. The summed E-state index contributed by atoms with van der Waals surface area (Å²) in [5.74, 6) is 0.276. The van der Waals surface area contributed by atoms with Crippen molar-refractivity contribution in [2.75, 3.05) is 0 Å². The predicted octanol–water partition coefficient (Wildman–Crippen LogP) is 5.20.